The molecule has 4 rings (SSSR count). The summed E-state index contributed by atoms with van der Waals surface area (Å²) in [6.07, 6.45) is 2.07. The van der Waals surface area contributed by atoms with Crippen molar-refractivity contribution in [1.82, 2.24) is 21.3 Å². The van der Waals surface area contributed by atoms with Gasteiger partial charge in [0.25, 0.3) is 0 Å². The Morgan fingerprint density at radius 3 is 1.63 bits per heavy atom. The van der Waals surface area contributed by atoms with Gasteiger partial charge < -0.3 is 21.3 Å². The van der Waals surface area contributed by atoms with Crippen LogP contribution in [0.15, 0.2) is 35.3 Å². The molecular weight excluding hydrogens is 480 g/mol. The van der Waals surface area contributed by atoms with Crippen LogP contribution in [0, 0.1) is 0 Å². The average molecular weight is 528 g/mol. The Morgan fingerprint density at radius 1 is 0.605 bits per heavy atom. The Bertz CT molecular complexity index is 1060. The topological polar surface area (TPSA) is 138 Å². The predicted octanol–water partition coefficient (Wildman–Crippen LogP) is 1.78. The first-order valence-electron chi connectivity index (χ1n) is 14.0. The van der Waals surface area contributed by atoms with E-state index in [0.29, 0.717) is 6.54 Å². The highest BCUT2D eigenvalue weighted by Crippen LogP contribution is 2.26. The fourth-order valence-electron chi connectivity index (χ4n) is 5.01. The summed E-state index contributed by atoms with van der Waals surface area (Å²) in [6.45, 7) is 21.8. The third-order valence-corrected chi connectivity index (χ3v) is 7.39. The molecular formula is C26H47N12+. The molecule has 0 aromatic rings. The second kappa shape index (κ2) is 11.1. The van der Waals surface area contributed by atoms with E-state index in [1.165, 1.54) is 0 Å². The lowest BCUT2D eigenvalue weighted by Crippen LogP contribution is -2.58. The predicted molar refractivity (Wildman–Crippen MR) is 154 cm³/mol. The minimum absolute atomic E-state index is 0.461. The normalized spacial score (nSPS) is 22.9. The van der Waals surface area contributed by atoms with Crippen molar-refractivity contribution in [3.05, 3.63) is 0 Å². The van der Waals surface area contributed by atoms with Crippen molar-refractivity contribution < 1.29 is 4.70 Å². The summed E-state index contributed by atoms with van der Waals surface area (Å²) in [5.41, 5.74) is -2.41. The van der Waals surface area contributed by atoms with Gasteiger partial charge in [0.15, 0.2) is 16.9 Å². The second-order valence-corrected chi connectivity index (χ2v) is 12.1. The smallest absolute Gasteiger partial charge is 0.238 e. The standard InChI is InChI=1S/C26H47N12/c1-23(2,19-31-14-15-32-19)35-36-26(7,22-33-16-17-34-22)18-38(25(5,6)21-29-12-9-13-30-21)37-24(3,4)20-27-10-8-11-28-20/h8-18H2,1-7H3,(H,27,28)(H,29,30)(H,31,32)(H,33,34)/q+1. The summed E-state index contributed by atoms with van der Waals surface area (Å²) in [5, 5.41) is 29.0. The molecule has 4 N–H and O–H groups in total. The molecule has 38 heavy (non-hydrogen) atoms. The van der Waals surface area contributed by atoms with Gasteiger partial charge in [-0.25, -0.2) is 0 Å². The monoisotopic (exact) mass is 527 g/mol. The molecule has 0 aromatic carbocycles. The minimum Gasteiger partial charge on any atom is -0.372 e. The molecule has 4 heterocycles. The van der Waals surface area contributed by atoms with Crippen molar-refractivity contribution in [2.24, 2.45) is 35.3 Å². The van der Waals surface area contributed by atoms with Gasteiger partial charge in [0.2, 0.25) is 12.1 Å². The van der Waals surface area contributed by atoms with E-state index < -0.39 is 22.2 Å². The first-order chi connectivity index (χ1) is 17.9. The number of nitrogens with zero attached hydrogens (tertiary/aromatic N) is 8. The van der Waals surface area contributed by atoms with Gasteiger partial charge in [0.05, 0.1) is 13.1 Å². The van der Waals surface area contributed by atoms with Crippen LogP contribution in [0.3, 0.4) is 0 Å². The zero-order valence-corrected chi connectivity index (χ0v) is 24.4. The van der Waals surface area contributed by atoms with E-state index in [1.807, 2.05) is 13.8 Å². The van der Waals surface area contributed by atoms with E-state index in [0.717, 1.165) is 88.5 Å². The van der Waals surface area contributed by atoms with Gasteiger partial charge in [-0.15, -0.1) is 4.70 Å². The summed E-state index contributed by atoms with van der Waals surface area (Å²) >= 11 is 0. The lowest BCUT2D eigenvalue weighted by atomic mass is 9.95. The number of amidine groups is 4. The largest absolute Gasteiger partial charge is 0.372 e. The molecule has 210 valence electrons. The third-order valence-electron chi connectivity index (χ3n) is 7.39. The number of hydrogen-bond donors (Lipinski definition) is 4. The van der Waals surface area contributed by atoms with Crippen LogP contribution >= 0.6 is 0 Å². The molecule has 0 bridgehead atoms. The highest BCUT2D eigenvalue weighted by molar-refractivity contribution is 5.94. The minimum atomic E-state index is -0.763. The molecule has 12 heteroatoms. The SMILES string of the molecule is CC(C)(N=NC(C)(C[N+](=NC(C)(C)C1=NCCCN1)C(C)(C)C1=NCCCN1)C1=NCCN1)C1=NCCN1. The number of aliphatic imine (C=N–C) groups is 4. The van der Waals surface area contributed by atoms with Gasteiger partial charge in [-0.1, -0.05) is 0 Å². The molecule has 0 saturated heterocycles. The van der Waals surface area contributed by atoms with Gasteiger partial charge in [0.1, 0.15) is 23.0 Å². The first-order valence-corrected chi connectivity index (χ1v) is 14.0. The first kappa shape index (κ1) is 28.1. The van der Waals surface area contributed by atoms with E-state index in [-0.39, 0.29) is 0 Å². The van der Waals surface area contributed by atoms with Crippen LogP contribution in [-0.2, 0) is 0 Å². The van der Waals surface area contributed by atoms with Crippen molar-refractivity contribution >= 4 is 23.3 Å². The van der Waals surface area contributed by atoms with Crippen LogP contribution in [0.4, 0.5) is 0 Å². The van der Waals surface area contributed by atoms with Crippen LogP contribution in [0.25, 0.3) is 0 Å². The molecule has 4 aliphatic rings. The van der Waals surface area contributed by atoms with E-state index in [2.05, 4.69) is 65.6 Å². The van der Waals surface area contributed by atoms with E-state index in [1.54, 1.807) is 0 Å². The molecule has 0 amide bonds. The van der Waals surface area contributed by atoms with Crippen molar-refractivity contribution in [2.75, 3.05) is 58.9 Å². The molecule has 0 fully saturated rings. The molecule has 1 atom stereocenters. The van der Waals surface area contributed by atoms with Crippen molar-refractivity contribution in [2.45, 2.75) is 83.5 Å². The maximum atomic E-state index is 5.36. The van der Waals surface area contributed by atoms with Gasteiger partial charge in [-0.3, -0.25) is 20.0 Å². The van der Waals surface area contributed by atoms with Crippen LogP contribution < -0.4 is 21.3 Å². The fourth-order valence-corrected chi connectivity index (χ4v) is 5.01. The molecule has 0 saturated carbocycles. The summed E-state index contributed by atoms with van der Waals surface area (Å²) in [6, 6.07) is 0. The summed E-state index contributed by atoms with van der Waals surface area (Å²) in [4.78, 5) is 19.0. The Kier molecular flexibility index (Phi) is 8.17. The van der Waals surface area contributed by atoms with Crippen LogP contribution in [0.1, 0.15) is 61.3 Å². The van der Waals surface area contributed by atoms with Crippen LogP contribution in [0.5, 0.6) is 0 Å². The van der Waals surface area contributed by atoms with Gasteiger partial charge in [0, 0.05) is 53.1 Å². The van der Waals surface area contributed by atoms with E-state index >= 15 is 0 Å². The van der Waals surface area contributed by atoms with Gasteiger partial charge >= 0.3 is 0 Å². The third kappa shape index (κ3) is 6.20. The molecule has 12 nitrogen and oxygen atoms in total. The zero-order valence-electron chi connectivity index (χ0n) is 24.4. The van der Waals surface area contributed by atoms with Crippen molar-refractivity contribution in [1.29, 1.82) is 0 Å². The molecule has 0 radical (unpaired) electrons. The average Bonchev–Trinajstić information content (AvgIpc) is 3.64. The van der Waals surface area contributed by atoms with Crippen LogP contribution in [0.2, 0.25) is 0 Å². The number of rotatable bonds is 10. The molecule has 1 unspecified atom stereocenters. The Morgan fingerprint density at radius 2 is 1.11 bits per heavy atom. The molecule has 0 aliphatic carbocycles. The second-order valence-electron chi connectivity index (χ2n) is 12.1. The van der Waals surface area contributed by atoms with Crippen LogP contribution in [-0.4, -0.2) is 109 Å². The van der Waals surface area contributed by atoms with Crippen molar-refractivity contribution in [3.63, 3.8) is 0 Å². The van der Waals surface area contributed by atoms with Crippen molar-refractivity contribution in [3.8, 4) is 0 Å². The Labute approximate surface area is 227 Å². The maximum Gasteiger partial charge on any atom is 0.238 e. The Hall–Kier alpha value is -2.92. The lowest BCUT2D eigenvalue weighted by molar-refractivity contribution is -0.650. The summed E-state index contributed by atoms with van der Waals surface area (Å²) < 4.78 is 2.13. The molecule has 4 aliphatic heterocycles. The maximum absolute atomic E-state index is 5.36. The molecule has 0 aromatic heterocycles. The number of azo groups is 3. The summed E-state index contributed by atoms with van der Waals surface area (Å²) in [7, 11) is 0. The molecule has 0 spiro atoms. The highest BCUT2D eigenvalue weighted by Gasteiger charge is 2.49. The number of nitrogens with one attached hydrogen (secondary N) is 4. The van der Waals surface area contributed by atoms with Gasteiger partial charge in [-0.05, 0) is 52.6 Å². The lowest BCUT2D eigenvalue weighted by Gasteiger charge is -2.32. The van der Waals surface area contributed by atoms with Gasteiger partial charge in [-0.2, -0.15) is 10.2 Å². The Balaban J connectivity index is 1.76. The highest BCUT2D eigenvalue weighted by atomic mass is 15.4. The van der Waals surface area contributed by atoms with E-state index in [9.17, 15) is 0 Å². The quantitative estimate of drug-likeness (QED) is 0.254. The zero-order chi connectivity index (χ0) is 27.4. The summed E-state index contributed by atoms with van der Waals surface area (Å²) in [5.74, 6) is 3.55. The van der Waals surface area contributed by atoms with E-state index in [4.69, 9.17) is 30.3 Å². The number of hydrogen-bond acceptors (Lipinski definition) is 11. The fraction of sp³-hybridized carbons (Fsp3) is 0.846.